The number of ether oxygens (including phenoxy) is 1. The van der Waals surface area contributed by atoms with Crippen LogP contribution in [0.3, 0.4) is 0 Å². The lowest BCUT2D eigenvalue weighted by molar-refractivity contribution is 0.0566. The molecule has 132 valence electrons. The number of nitrogens with zero attached hydrogens (tertiary/aromatic N) is 1. The largest absolute Gasteiger partial charge is 0.490 e. The molecule has 2 aromatic carbocycles. The molecule has 24 heavy (non-hydrogen) atoms. The molecule has 0 radical (unpaired) electrons. The van der Waals surface area contributed by atoms with Gasteiger partial charge < -0.3 is 14.7 Å². The predicted octanol–water partition coefficient (Wildman–Crippen LogP) is 4.27. The van der Waals surface area contributed by atoms with Crippen molar-refractivity contribution >= 4 is 23.2 Å². The van der Waals surface area contributed by atoms with E-state index in [-0.39, 0.29) is 12.4 Å². The number of aliphatic hydroxyl groups excluding tert-OH is 1. The number of fused-ring (bicyclic) bond motifs is 1. The highest BCUT2D eigenvalue weighted by molar-refractivity contribution is 5.88. The summed E-state index contributed by atoms with van der Waals surface area (Å²) in [7, 11) is 2.12. The molecule has 1 fully saturated rings. The van der Waals surface area contributed by atoms with Crippen LogP contribution in [0.1, 0.15) is 32.1 Å². The first-order chi connectivity index (χ1) is 11.2. The van der Waals surface area contributed by atoms with Crippen LogP contribution in [0.4, 0.5) is 0 Å². The number of aliphatic hydroxyl groups is 1. The fraction of sp³-hybridized carbons (Fsp3) is 0.500. The van der Waals surface area contributed by atoms with Crippen molar-refractivity contribution in [3.05, 3.63) is 42.5 Å². The molecule has 1 N–H and O–H groups in total. The number of halogens is 1. The molecule has 3 nitrogen and oxygen atoms in total. The minimum atomic E-state index is -0.458. The van der Waals surface area contributed by atoms with Crippen molar-refractivity contribution in [3.8, 4) is 5.75 Å². The first kappa shape index (κ1) is 19.0. The average Bonchev–Trinajstić information content (AvgIpc) is 2.60. The highest BCUT2D eigenvalue weighted by Gasteiger charge is 2.20. The first-order valence-corrected chi connectivity index (χ1v) is 8.73. The molecular formula is C20H28ClNO2. The molecule has 1 atom stereocenters. The molecule has 0 aromatic heterocycles. The standard InChI is InChI=1S/C20H27NO2.ClH/c1-21(17-10-3-2-4-11-17)14-18(22)15-23-20-13-7-9-16-8-5-6-12-19(16)20;/h5-9,12-13,17-18,22H,2-4,10-11,14-15H2,1H3;1H. The summed E-state index contributed by atoms with van der Waals surface area (Å²) in [6.07, 6.45) is 6.05. The normalized spacial score (nSPS) is 16.8. The lowest BCUT2D eigenvalue weighted by Gasteiger charge is -2.32. The van der Waals surface area contributed by atoms with Crippen LogP contribution in [0.25, 0.3) is 10.8 Å². The van der Waals surface area contributed by atoms with Crippen molar-refractivity contribution in [2.24, 2.45) is 0 Å². The number of benzene rings is 2. The van der Waals surface area contributed by atoms with Gasteiger partial charge in [0.25, 0.3) is 0 Å². The smallest absolute Gasteiger partial charge is 0.127 e. The summed E-state index contributed by atoms with van der Waals surface area (Å²) in [4.78, 5) is 2.30. The van der Waals surface area contributed by atoms with Gasteiger partial charge in [0.2, 0.25) is 0 Å². The van der Waals surface area contributed by atoms with Gasteiger partial charge in [-0.1, -0.05) is 55.7 Å². The van der Waals surface area contributed by atoms with Crippen LogP contribution in [0.2, 0.25) is 0 Å². The molecule has 0 amide bonds. The van der Waals surface area contributed by atoms with Gasteiger partial charge in [0, 0.05) is 18.0 Å². The lowest BCUT2D eigenvalue weighted by Crippen LogP contribution is -2.40. The van der Waals surface area contributed by atoms with Gasteiger partial charge in [-0.25, -0.2) is 0 Å². The van der Waals surface area contributed by atoms with Crippen LogP contribution in [0.15, 0.2) is 42.5 Å². The van der Waals surface area contributed by atoms with E-state index in [1.54, 1.807) is 0 Å². The van der Waals surface area contributed by atoms with Gasteiger partial charge in [-0.3, -0.25) is 0 Å². The number of hydrogen-bond donors (Lipinski definition) is 1. The number of rotatable bonds is 6. The Morgan fingerprint density at radius 2 is 1.79 bits per heavy atom. The Labute approximate surface area is 151 Å². The maximum Gasteiger partial charge on any atom is 0.127 e. The fourth-order valence-electron chi connectivity index (χ4n) is 3.56. The van der Waals surface area contributed by atoms with Crippen LogP contribution in [0, 0.1) is 0 Å². The molecule has 0 saturated heterocycles. The van der Waals surface area contributed by atoms with Crippen LogP contribution in [-0.4, -0.2) is 42.4 Å². The Morgan fingerprint density at radius 3 is 2.58 bits per heavy atom. The second kappa shape index (κ2) is 9.26. The van der Waals surface area contributed by atoms with Crippen molar-refractivity contribution in [1.82, 2.24) is 4.90 Å². The minimum Gasteiger partial charge on any atom is -0.490 e. The molecule has 0 spiro atoms. The maximum atomic E-state index is 10.3. The van der Waals surface area contributed by atoms with Gasteiger partial charge in [0.1, 0.15) is 18.5 Å². The van der Waals surface area contributed by atoms with Gasteiger partial charge in [0.05, 0.1) is 0 Å². The zero-order valence-electron chi connectivity index (χ0n) is 14.4. The summed E-state index contributed by atoms with van der Waals surface area (Å²) >= 11 is 0. The van der Waals surface area contributed by atoms with E-state index in [2.05, 4.69) is 30.1 Å². The quantitative estimate of drug-likeness (QED) is 0.845. The van der Waals surface area contributed by atoms with Crippen LogP contribution < -0.4 is 4.74 Å². The monoisotopic (exact) mass is 349 g/mol. The molecule has 1 saturated carbocycles. The van der Waals surface area contributed by atoms with Gasteiger partial charge in [0.15, 0.2) is 0 Å². The van der Waals surface area contributed by atoms with Gasteiger partial charge >= 0.3 is 0 Å². The van der Waals surface area contributed by atoms with Gasteiger partial charge in [-0.05, 0) is 31.3 Å². The molecule has 0 aliphatic heterocycles. The van der Waals surface area contributed by atoms with E-state index >= 15 is 0 Å². The predicted molar refractivity (Wildman–Crippen MR) is 102 cm³/mol. The summed E-state index contributed by atoms with van der Waals surface area (Å²) in [6.45, 7) is 1.01. The van der Waals surface area contributed by atoms with Gasteiger partial charge in [-0.15, -0.1) is 12.4 Å². The van der Waals surface area contributed by atoms with Crippen molar-refractivity contribution in [1.29, 1.82) is 0 Å². The van der Waals surface area contributed by atoms with E-state index in [1.807, 2.05) is 24.3 Å². The highest BCUT2D eigenvalue weighted by Crippen LogP contribution is 2.25. The summed E-state index contributed by atoms with van der Waals surface area (Å²) in [5.41, 5.74) is 0. The molecule has 3 rings (SSSR count). The van der Waals surface area contributed by atoms with Crippen LogP contribution in [0.5, 0.6) is 5.75 Å². The molecule has 1 unspecified atom stereocenters. The maximum absolute atomic E-state index is 10.3. The van der Waals surface area contributed by atoms with Crippen LogP contribution in [-0.2, 0) is 0 Å². The number of hydrogen-bond acceptors (Lipinski definition) is 3. The second-order valence-corrected chi connectivity index (χ2v) is 6.67. The lowest BCUT2D eigenvalue weighted by atomic mass is 9.94. The Kier molecular flexibility index (Phi) is 7.35. The average molecular weight is 350 g/mol. The van der Waals surface area contributed by atoms with E-state index in [4.69, 9.17) is 4.74 Å². The SMILES string of the molecule is CN(CC(O)COc1cccc2ccccc12)C1CCCCC1.Cl. The topological polar surface area (TPSA) is 32.7 Å². The zero-order chi connectivity index (χ0) is 16.1. The zero-order valence-corrected chi connectivity index (χ0v) is 15.2. The highest BCUT2D eigenvalue weighted by atomic mass is 35.5. The van der Waals surface area contributed by atoms with Crippen molar-refractivity contribution in [2.45, 2.75) is 44.2 Å². The second-order valence-electron chi connectivity index (χ2n) is 6.67. The molecule has 0 heterocycles. The third-order valence-corrected chi connectivity index (χ3v) is 4.88. The summed E-state index contributed by atoms with van der Waals surface area (Å²) < 4.78 is 5.89. The third kappa shape index (κ3) is 4.85. The van der Waals surface area contributed by atoms with E-state index in [0.717, 1.165) is 11.1 Å². The van der Waals surface area contributed by atoms with Crippen molar-refractivity contribution < 1.29 is 9.84 Å². The summed E-state index contributed by atoms with van der Waals surface area (Å²) in [5, 5.41) is 12.6. The Hall–Kier alpha value is -1.29. The Bertz CT molecular complexity index is 623. The van der Waals surface area contributed by atoms with E-state index in [9.17, 15) is 5.11 Å². The molecule has 2 aromatic rings. The Morgan fingerprint density at radius 1 is 1.08 bits per heavy atom. The fourth-order valence-corrected chi connectivity index (χ4v) is 3.56. The first-order valence-electron chi connectivity index (χ1n) is 8.73. The summed E-state index contributed by atoms with van der Waals surface area (Å²) in [5.74, 6) is 0.850. The molecule has 1 aliphatic rings. The van der Waals surface area contributed by atoms with E-state index in [1.165, 1.54) is 37.5 Å². The van der Waals surface area contributed by atoms with Crippen molar-refractivity contribution in [2.75, 3.05) is 20.2 Å². The van der Waals surface area contributed by atoms with E-state index in [0.29, 0.717) is 19.2 Å². The van der Waals surface area contributed by atoms with Crippen LogP contribution >= 0.6 is 12.4 Å². The molecule has 0 bridgehead atoms. The van der Waals surface area contributed by atoms with Gasteiger partial charge in [-0.2, -0.15) is 0 Å². The van der Waals surface area contributed by atoms with Crippen molar-refractivity contribution in [3.63, 3.8) is 0 Å². The molecule has 4 heteroatoms. The minimum absolute atomic E-state index is 0. The Balaban J connectivity index is 0.00000208. The van der Waals surface area contributed by atoms with E-state index < -0.39 is 6.10 Å². The summed E-state index contributed by atoms with van der Waals surface area (Å²) in [6, 6.07) is 14.9. The molecule has 1 aliphatic carbocycles. The third-order valence-electron chi connectivity index (χ3n) is 4.88. The molecular weight excluding hydrogens is 322 g/mol. The number of likely N-dealkylation sites (N-methyl/N-ethyl adjacent to an activating group) is 1.